The molecule has 0 atom stereocenters. The van der Waals surface area contributed by atoms with Crippen molar-refractivity contribution in [3.8, 4) is 0 Å². The van der Waals surface area contributed by atoms with Crippen LogP contribution in [0.15, 0.2) is 12.4 Å². The summed E-state index contributed by atoms with van der Waals surface area (Å²) < 4.78 is 1.87. The van der Waals surface area contributed by atoms with Crippen LogP contribution >= 0.6 is 0 Å². The summed E-state index contributed by atoms with van der Waals surface area (Å²) >= 11 is 0. The Kier molecular flexibility index (Phi) is 3.19. The summed E-state index contributed by atoms with van der Waals surface area (Å²) in [6, 6.07) is 0.784. The molecule has 1 fully saturated rings. The van der Waals surface area contributed by atoms with Gasteiger partial charge in [0.15, 0.2) is 0 Å². The molecule has 0 bridgehead atoms. The lowest BCUT2D eigenvalue weighted by Gasteiger charge is -2.10. The van der Waals surface area contributed by atoms with Crippen LogP contribution in [-0.2, 0) is 13.5 Å². The minimum absolute atomic E-state index is 0.784. The van der Waals surface area contributed by atoms with E-state index in [1.807, 2.05) is 17.9 Å². The van der Waals surface area contributed by atoms with Crippen molar-refractivity contribution in [2.45, 2.75) is 38.1 Å². The molecule has 1 aromatic heterocycles. The number of rotatable bonds is 4. The summed E-state index contributed by atoms with van der Waals surface area (Å²) in [6.07, 6.45) is 10.7. The molecule has 0 aliphatic heterocycles. The first-order chi connectivity index (χ1) is 6.84. The van der Waals surface area contributed by atoms with Gasteiger partial charge in [-0.15, -0.1) is 0 Å². The molecule has 1 heterocycles. The van der Waals surface area contributed by atoms with E-state index in [9.17, 15) is 0 Å². The lowest BCUT2D eigenvalue weighted by Crippen LogP contribution is -2.27. The van der Waals surface area contributed by atoms with Crippen LogP contribution in [0.25, 0.3) is 0 Å². The number of hydrogen-bond acceptors (Lipinski definition) is 2. The number of aryl methyl sites for hydroxylation is 1. The molecule has 0 amide bonds. The average molecular weight is 193 g/mol. The van der Waals surface area contributed by atoms with Crippen LogP contribution in [0.5, 0.6) is 0 Å². The van der Waals surface area contributed by atoms with E-state index in [0.29, 0.717) is 0 Å². The van der Waals surface area contributed by atoms with Gasteiger partial charge in [-0.25, -0.2) is 0 Å². The highest BCUT2D eigenvalue weighted by Gasteiger charge is 2.13. The summed E-state index contributed by atoms with van der Waals surface area (Å²) in [6.45, 7) is 1.09. The Morgan fingerprint density at radius 3 is 2.93 bits per heavy atom. The molecule has 1 N–H and O–H groups in total. The maximum atomic E-state index is 4.16. The summed E-state index contributed by atoms with van der Waals surface area (Å²) in [7, 11) is 1.97. The maximum Gasteiger partial charge on any atom is 0.0522 e. The third-order valence-corrected chi connectivity index (χ3v) is 2.96. The van der Waals surface area contributed by atoms with Gasteiger partial charge < -0.3 is 5.32 Å². The molecule has 78 valence electrons. The predicted molar refractivity (Wildman–Crippen MR) is 57.2 cm³/mol. The second kappa shape index (κ2) is 4.60. The van der Waals surface area contributed by atoms with Crippen molar-refractivity contribution in [1.82, 2.24) is 15.1 Å². The van der Waals surface area contributed by atoms with Gasteiger partial charge in [-0.1, -0.05) is 12.8 Å². The Morgan fingerprint density at radius 1 is 1.50 bits per heavy atom. The van der Waals surface area contributed by atoms with Crippen LogP contribution in [0.4, 0.5) is 0 Å². The second-order valence-electron chi connectivity index (χ2n) is 4.21. The lowest BCUT2D eigenvalue weighted by atomic mass is 10.2. The minimum Gasteiger partial charge on any atom is -0.314 e. The van der Waals surface area contributed by atoms with Gasteiger partial charge in [-0.2, -0.15) is 5.10 Å². The van der Waals surface area contributed by atoms with E-state index < -0.39 is 0 Å². The van der Waals surface area contributed by atoms with Crippen molar-refractivity contribution >= 4 is 0 Å². The Hall–Kier alpha value is -0.830. The molecule has 0 radical (unpaired) electrons. The zero-order valence-corrected chi connectivity index (χ0v) is 8.87. The smallest absolute Gasteiger partial charge is 0.0522 e. The number of aromatic nitrogens is 2. The average Bonchev–Trinajstić information content (AvgIpc) is 2.77. The van der Waals surface area contributed by atoms with Gasteiger partial charge in [0.1, 0.15) is 0 Å². The molecular formula is C11H19N3. The Bertz CT molecular complexity index is 274. The summed E-state index contributed by atoms with van der Waals surface area (Å²) in [5.41, 5.74) is 1.33. The summed E-state index contributed by atoms with van der Waals surface area (Å²) in [4.78, 5) is 0. The third kappa shape index (κ3) is 2.58. The molecule has 1 aromatic rings. The number of nitrogens with zero attached hydrogens (tertiary/aromatic N) is 2. The van der Waals surface area contributed by atoms with Gasteiger partial charge in [0.2, 0.25) is 0 Å². The first-order valence-electron chi connectivity index (χ1n) is 5.55. The Labute approximate surface area is 85.5 Å². The normalized spacial score (nSPS) is 17.8. The molecule has 14 heavy (non-hydrogen) atoms. The van der Waals surface area contributed by atoms with E-state index in [1.54, 1.807) is 0 Å². The maximum absolute atomic E-state index is 4.16. The predicted octanol–water partition coefficient (Wildman–Crippen LogP) is 1.49. The molecule has 1 aliphatic rings. The fourth-order valence-electron chi connectivity index (χ4n) is 2.15. The van der Waals surface area contributed by atoms with E-state index in [0.717, 1.165) is 19.0 Å². The van der Waals surface area contributed by atoms with Gasteiger partial charge in [0.25, 0.3) is 0 Å². The fraction of sp³-hybridized carbons (Fsp3) is 0.727. The van der Waals surface area contributed by atoms with Crippen LogP contribution in [0, 0.1) is 0 Å². The van der Waals surface area contributed by atoms with Crippen molar-refractivity contribution in [2.75, 3.05) is 6.54 Å². The van der Waals surface area contributed by atoms with Gasteiger partial charge in [-0.05, 0) is 31.4 Å². The number of hydrogen-bond donors (Lipinski definition) is 1. The van der Waals surface area contributed by atoms with Gasteiger partial charge in [0, 0.05) is 19.3 Å². The monoisotopic (exact) mass is 193 g/mol. The molecule has 3 heteroatoms. The fourth-order valence-corrected chi connectivity index (χ4v) is 2.15. The first kappa shape index (κ1) is 9.71. The van der Waals surface area contributed by atoms with E-state index in [2.05, 4.69) is 16.6 Å². The van der Waals surface area contributed by atoms with Crippen molar-refractivity contribution in [3.63, 3.8) is 0 Å². The Morgan fingerprint density at radius 2 is 2.29 bits per heavy atom. The zero-order chi connectivity index (χ0) is 9.80. The first-order valence-corrected chi connectivity index (χ1v) is 5.55. The van der Waals surface area contributed by atoms with Crippen molar-refractivity contribution in [3.05, 3.63) is 18.0 Å². The standard InChI is InChI=1S/C11H19N3/c1-14-9-10(8-13-14)6-7-12-11-4-2-3-5-11/h8-9,11-12H,2-7H2,1H3. The van der Waals surface area contributed by atoms with Crippen molar-refractivity contribution < 1.29 is 0 Å². The van der Waals surface area contributed by atoms with Crippen molar-refractivity contribution in [1.29, 1.82) is 0 Å². The topological polar surface area (TPSA) is 29.9 Å². The lowest BCUT2D eigenvalue weighted by molar-refractivity contribution is 0.528. The van der Waals surface area contributed by atoms with Crippen LogP contribution < -0.4 is 5.32 Å². The molecule has 0 saturated heterocycles. The van der Waals surface area contributed by atoms with E-state index in [4.69, 9.17) is 0 Å². The van der Waals surface area contributed by atoms with Crippen LogP contribution in [0.2, 0.25) is 0 Å². The third-order valence-electron chi connectivity index (χ3n) is 2.96. The molecule has 1 aliphatic carbocycles. The molecule has 0 aromatic carbocycles. The second-order valence-corrected chi connectivity index (χ2v) is 4.21. The van der Waals surface area contributed by atoms with Crippen LogP contribution in [0.3, 0.4) is 0 Å². The highest BCUT2D eigenvalue weighted by atomic mass is 15.2. The van der Waals surface area contributed by atoms with Gasteiger partial charge in [-0.3, -0.25) is 4.68 Å². The van der Waals surface area contributed by atoms with Crippen molar-refractivity contribution in [2.24, 2.45) is 7.05 Å². The molecule has 1 saturated carbocycles. The Balaban J connectivity index is 1.67. The molecule has 3 nitrogen and oxygen atoms in total. The van der Waals surface area contributed by atoms with E-state index in [1.165, 1.54) is 31.2 Å². The molecule has 2 rings (SSSR count). The van der Waals surface area contributed by atoms with Crippen LogP contribution in [0.1, 0.15) is 31.2 Å². The van der Waals surface area contributed by atoms with Gasteiger partial charge >= 0.3 is 0 Å². The highest BCUT2D eigenvalue weighted by Crippen LogP contribution is 2.17. The van der Waals surface area contributed by atoms with E-state index in [-0.39, 0.29) is 0 Å². The SMILES string of the molecule is Cn1cc(CCNC2CCCC2)cn1. The zero-order valence-electron chi connectivity index (χ0n) is 8.87. The quantitative estimate of drug-likeness (QED) is 0.785. The van der Waals surface area contributed by atoms with Crippen LogP contribution in [-0.4, -0.2) is 22.4 Å². The molecule has 0 unspecified atom stereocenters. The highest BCUT2D eigenvalue weighted by molar-refractivity contribution is 5.03. The molecule has 0 spiro atoms. The van der Waals surface area contributed by atoms with Gasteiger partial charge in [0.05, 0.1) is 6.20 Å². The minimum atomic E-state index is 0.784. The summed E-state index contributed by atoms with van der Waals surface area (Å²) in [5.74, 6) is 0. The molecular weight excluding hydrogens is 174 g/mol. The number of nitrogens with one attached hydrogen (secondary N) is 1. The summed E-state index contributed by atoms with van der Waals surface area (Å²) in [5, 5.41) is 7.76. The largest absolute Gasteiger partial charge is 0.314 e. The van der Waals surface area contributed by atoms with E-state index >= 15 is 0 Å².